The maximum atomic E-state index is 13.8. The summed E-state index contributed by atoms with van der Waals surface area (Å²) in [5, 5.41) is 0. The Bertz CT molecular complexity index is 1010. The Morgan fingerprint density at radius 2 is 1.81 bits per heavy atom. The molecular weight excluding hydrogens is 402 g/mol. The Kier molecular flexibility index (Phi) is 4.81. The molecule has 3 heterocycles. The average Bonchev–Trinajstić information content (AvgIpc) is 3.28. The highest BCUT2D eigenvalue weighted by molar-refractivity contribution is 5.95. The summed E-state index contributed by atoms with van der Waals surface area (Å²) < 4.78 is 33.9. The Morgan fingerprint density at radius 3 is 2.48 bits per heavy atom. The Morgan fingerprint density at radius 1 is 1.10 bits per heavy atom. The molecule has 0 saturated carbocycles. The van der Waals surface area contributed by atoms with Gasteiger partial charge < -0.3 is 14.5 Å². The molecule has 7 heteroatoms. The van der Waals surface area contributed by atoms with Crippen LogP contribution in [-0.4, -0.2) is 46.5 Å². The number of piperidine rings is 1. The van der Waals surface area contributed by atoms with E-state index in [1.807, 2.05) is 25.1 Å². The van der Waals surface area contributed by atoms with Crippen LogP contribution in [0.25, 0.3) is 0 Å². The van der Waals surface area contributed by atoms with Crippen LogP contribution >= 0.6 is 0 Å². The van der Waals surface area contributed by atoms with E-state index in [9.17, 15) is 18.4 Å². The van der Waals surface area contributed by atoms with Gasteiger partial charge in [-0.1, -0.05) is 25.1 Å². The standard InChI is InChI=1S/C24H24F2N2O3/c1-15-14-27(22(29)16-5-3-2-4-6-16)10-9-24(15)23(30)28-20(7-8-21(28)31-24)17-11-18(25)13-19(26)12-17/h2-6,11-13,15,20-21H,7-10,14H2,1H3/t15?,20-,21+,24?/m0/s1. The molecule has 4 atom stereocenters. The van der Waals surface area contributed by atoms with Gasteiger partial charge in [-0.25, -0.2) is 8.78 Å². The zero-order valence-corrected chi connectivity index (χ0v) is 17.3. The molecule has 162 valence electrons. The number of ether oxygens (including phenoxy) is 1. The molecule has 0 aromatic heterocycles. The Labute approximate surface area is 179 Å². The van der Waals surface area contributed by atoms with Crippen LogP contribution in [0.2, 0.25) is 0 Å². The van der Waals surface area contributed by atoms with Crippen molar-refractivity contribution in [1.29, 1.82) is 0 Å². The van der Waals surface area contributed by atoms with Crippen molar-refractivity contribution in [2.24, 2.45) is 5.92 Å². The summed E-state index contributed by atoms with van der Waals surface area (Å²) in [6.45, 7) is 2.77. The van der Waals surface area contributed by atoms with Crippen molar-refractivity contribution in [2.75, 3.05) is 13.1 Å². The largest absolute Gasteiger partial charge is 0.342 e. The molecule has 2 amide bonds. The smallest absolute Gasteiger partial charge is 0.257 e. The minimum atomic E-state index is -0.997. The number of halogens is 2. The monoisotopic (exact) mass is 426 g/mol. The van der Waals surface area contributed by atoms with Crippen molar-refractivity contribution < 1.29 is 23.1 Å². The summed E-state index contributed by atoms with van der Waals surface area (Å²) in [5.41, 5.74) is 0.0827. The lowest BCUT2D eigenvalue weighted by molar-refractivity contribution is -0.150. The summed E-state index contributed by atoms with van der Waals surface area (Å²) in [6.07, 6.45) is 1.23. The normalized spacial score (nSPS) is 30.2. The third-order valence-corrected chi connectivity index (χ3v) is 6.90. The van der Waals surface area contributed by atoms with Gasteiger partial charge >= 0.3 is 0 Å². The minimum Gasteiger partial charge on any atom is -0.342 e. The van der Waals surface area contributed by atoms with Gasteiger partial charge in [0.15, 0.2) is 5.60 Å². The second kappa shape index (κ2) is 7.41. The second-order valence-electron chi connectivity index (χ2n) is 8.74. The molecule has 5 rings (SSSR count). The van der Waals surface area contributed by atoms with Gasteiger partial charge in [0.05, 0.1) is 6.04 Å². The fourth-order valence-electron chi connectivity index (χ4n) is 5.33. The number of fused-ring (bicyclic) bond motifs is 1. The first-order valence-electron chi connectivity index (χ1n) is 10.7. The van der Waals surface area contributed by atoms with Gasteiger partial charge in [0, 0.05) is 37.1 Å². The molecule has 0 N–H and O–H groups in total. The number of benzene rings is 2. The maximum Gasteiger partial charge on any atom is 0.257 e. The zero-order valence-electron chi connectivity index (χ0n) is 17.3. The van der Waals surface area contributed by atoms with Crippen LogP contribution in [0.4, 0.5) is 8.78 Å². The van der Waals surface area contributed by atoms with Crippen LogP contribution in [0.15, 0.2) is 48.5 Å². The third kappa shape index (κ3) is 3.22. The van der Waals surface area contributed by atoms with E-state index in [0.717, 1.165) is 6.07 Å². The molecule has 1 spiro atoms. The first-order chi connectivity index (χ1) is 14.9. The van der Waals surface area contributed by atoms with Crippen LogP contribution < -0.4 is 0 Å². The van der Waals surface area contributed by atoms with Gasteiger partial charge in [0.2, 0.25) is 0 Å². The first-order valence-corrected chi connectivity index (χ1v) is 10.7. The number of carbonyl (C=O) groups is 2. The second-order valence-corrected chi connectivity index (χ2v) is 8.74. The van der Waals surface area contributed by atoms with E-state index >= 15 is 0 Å². The fraction of sp³-hybridized carbons (Fsp3) is 0.417. The molecule has 5 nitrogen and oxygen atoms in total. The molecule has 2 aromatic rings. The van der Waals surface area contributed by atoms with Gasteiger partial charge in [0.25, 0.3) is 11.8 Å². The van der Waals surface area contributed by atoms with E-state index in [1.54, 1.807) is 21.9 Å². The first kappa shape index (κ1) is 20.1. The zero-order chi connectivity index (χ0) is 21.8. The summed E-state index contributed by atoms with van der Waals surface area (Å²) >= 11 is 0. The average molecular weight is 426 g/mol. The highest BCUT2D eigenvalue weighted by Gasteiger charge is 2.61. The molecule has 0 radical (unpaired) electrons. The highest BCUT2D eigenvalue weighted by atomic mass is 19.1. The van der Waals surface area contributed by atoms with E-state index in [1.165, 1.54) is 12.1 Å². The van der Waals surface area contributed by atoms with E-state index in [2.05, 4.69) is 0 Å². The van der Waals surface area contributed by atoms with Gasteiger partial charge in [-0.15, -0.1) is 0 Å². The molecule has 3 aliphatic heterocycles. The minimum absolute atomic E-state index is 0.0543. The quantitative estimate of drug-likeness (QED) is 0.732. The van der Waals surface area contributed by atoms with Crippen LogP contribution in [0.5, 0.6) is 0 Å². The van der Waals surface area contributed by atoms with E-state index in [0.29, 0.717) is 43.5 Å². The van der Waals surface area contributed by atoms with E-state index < -0.39 is 29.5 Å². The van der Waals surface area contributed by atoms with Crippen molar-refractivity contribution in [2.45, 2.75) is 44.1 Å². The molecule has 2 unspecified atom stereocenters. The fourth-order valence-corrected chi connectivity index (χ4v) is 5.33. The molecule has 0 bridgehead atoms. The number of amides is 2. The number of rotatable bonds is 2. The van der Waals surface area contributed by atoms with Crippen molar-refractivity contribution in [3.63, 3.8) is 0 Å². The van der Waals surface area contributed by atoms with Gasteiger partial charge in [0.1, 0.15) is 17.9 Å². The van der Waals surface area contributed by atoms with E-state index in [-0.39, 0.29) is 17.7 Å². The number of carbonyl (C=O) groups excluding carboxylic acids is 2. The summed E-state index contributed by atoms with van der Waals surface area (Å²) in [7, 11) is 0. The molecule has 3 saturated heterocycles. The molecule has 3 fully saturated rings. The van der Waals surface area contributed by atoms with Gasteiger partial charge in [-0.2, -0.15) is 0 Å². The van der Waals surface area contributed by atoms with Crippen molar-refractivity contribution in [1.82, 2.24) is 9.80 Å². The van der Waals surface area contributed by atoms with E-state index in [4.69, 9.17) is 4.74 Å². The molecule has 2 aromatic carbocycles. The highest BCUT2D eigenvalue weighted by Crippen LogP contribution is 2.49. The Hall–Kier alpha value is -2.80. The van der Waals surface area contributed by atoms with Gasteiger partial charge in [-0.3, -0.25) is 9.59 Å². The Balaban J connectivity index is 1.36. The summed E-state index contributed by atoms with van der Waals surface area (Å²) in [6, 6.07) is 12.1. The number of likely N-dealkylation sites (tertiary alicyclic amines) is 1. The molecule has 31 heavy (non-hydrogen) atoms. The lowest BCUT2D eigenvalue weighted by atomic mass is 9.80. The van der Waals surface area contributed by atoms with Crippen molar-refractivity contribution >= 4 is 11.8 Å². The molecular formula is C24H24F2N2O3. The van der Waals surface area contributed by atoms with Gasteiger partial charge in [-0.05, 0) is 42.7 Å². The van der Waals surface area contributed by atoms with Crippen LogP contribution in [0.3, 0.4) is 0 Å². The molecule has 0 aliphatic carbocycles. The van der Waals surface area contributed by atoms with Crippen LogP contribution in [0, 0.1) is 17.6 Å². The summed E-state index contributed by atoms with van der Waals surface area (Å²) in [5.74, 6) is -1.69. The lowest BCUT2D eigenvalue weighted by Crippen LogP contribution is -2.57. The number of hydrogen-bond acceptors (Lipinski definition) is 3. The SMILES string of the molecule is CC1CN(C(=O)c2ccccc2)CCC12O[C@@H]1CC[C@@H](c3cc(F)cc(F)c3)N1C2=O. The predicted octanol–water partition coefficient (Wildman–Crippen LogP) is 3.91. The molecule has 3 aliphatic rings. The number of hydrogen-bond donors (Lipinski definition) is 0. The van der Waals surface area contributed by atoms with Crippen LogP contribution in [0.1, 0.15) is 48.1 Å². The number of nitrogens with zero attached hydrogens (tertiary/aromatic N) is 2. The topological polar surface area (TPSA) is 49.9 Å². The van der Waals surface area contributed by atoms with Crippen molar-refractivity contribution in [3.05, 3.63) is 71.3 Å². The maximum absolute atomic E-state index is 13.8. The van der Waals surface area contributed by atoms with Crippen molar-refractivity contribution in [3.8, 4) is 0 Å². The predicted molar refractivity (Wildman–Crippen MR) is 109 cm³/mol. The summed E-state index contributed by atoms with van der Waals surface area (Å²) in [4.78, 5) is 29.9. The van der Waals surface area contributed by atoms with Crippen LogP contribution in [-0.2, 0) is 9.53 Å². The lowest BCUT2D eigenvalue weighted by Gasteiger charge is -2.42. The third-order valence-electron chi connectivity index (χ3n) is 6.90.